The van der Waals surface area contributed by atoms with Crippen LogP contribution in [0, 0.1) is 0 Å². The average molecular weight is 363 g/mol. The zero-order valence-electron chi connectivity index (χ0n) is 12.2. The summed E-state index contributed by atoms with van der Waals surface area (Å²) >= 11 is 4.54. The molecule has 3 aromatic heterocycles. The molecule has 0 radical (unpaired) electrons. The Morgan fingerprint density at radius 2 is 2.17 bits per heavy atom. The number of carbonyl (C=O) groups excluding carboxylic acids is 1. The van der Waals surface area contributed by atoms with Crippen molar-refractivity contribution in [3.05, 3.63) is 40.7 Å². The van der Waals surface area contributed by atoms with Crippen LogP contribution in [0.1, 0.15) is 16.2 Å². The molecule has 23 heavy (non-hydrogen) atoms. The molecule has 0 spiro atoms. The lowest BCUT2D eigenvalue weighted by molar-refractivity contribution is 0.0949. The van der Waals surface area contributed by atoms with Gasteiger partial charge in [-0.2, -0.15) is 0 Å². The fraction of sp³-hybridized carbons (Fsp3) is 0.214. The number of nitrogens with one attached hydrogen (secondary N) is 1. The minimum Gasteiger partial charge on any atom is -0.350 e. The Hall–Kier alpha value is -1.84. The molecule has 0 unspecified atom stereocenters. The van der Waals surface area contributed by atoms with Crippen LogP contribution in [0.2, 0.25) is 0 Å². The quantitative estimate of drug-likeness (QED) is 0.678. The van der Waals surface area contributed by atoms with Crippen LogP contribution >= 0.6 is 34.4 Å². The van der Waals surface area contributed by atoms with Crippen molar-refractivity contribution in [2.75, 3.05) is 12.8 Å². The first-order chi connectivity index (χ1) is 11.3. The normalized spacial score (nSPS) is 10.7. The van der Waals surface area contributed by atoms with Crippen molar-refractivity contribution in [3.63, 3.8) is 0 Å². The molecule has 0 saturated heterocycles. The van der Waals surface area contributed by atoms with Gasteiger partial charge in [0.15, 0.2) is 0 Å². The van der Waals surface area contributed by atoms with Gasteiger partial charge in [-0.1, -0.05) is 11.8 Å². The first kappa shape index (κ1) is 16.0. The molecule has 6 nitrogen and oxygen atoms in total. The summed E-state index contributed by atoms with van der Waals surface area (Å²) in [6, 6.07) is 0. The number of nitrogens with zero attached hydrogens (tertiary/aromatic N) is 4. The summed E-state index contributed by atoms with van der Waals surface area (Å²) in [5, 5.41) is 7.45. The van der Waals surface area contributed by atoms with E-state index in [0.717, 1.165) is 20.7 Å². The summed E-state index contributed by atoms with van der Waals surface area (Å²) in [7, 11) is 0. The van der Waals surface area contributed by atoms with Crippen molar-refractivity contribution in [2.24, 2.45) is 0 Å². The van der Waals surface area contributed by atoms with Gasteiger partial charge in [0.1, 0.15) is 20.7 Å². The van der Waals surface area contributed by atoms with E-state index in [1.165, 1.54) is 34.4 Å². The van der Waals surface area contributed by atoms with E-state index in [1.54, 1.807) is 24.0 Å². The molecule has 1 N–H and O–H groups in total. The van der Waals surface area contributed by atoms with Crippen LogP contribution in [-0.2, 0) is 6.42 Å². The lowest BCUT2D eigenvalue weighted by atomic mass is 10.3. The highest BCUT2D eigenvalue weighted by Gasteiger charge is 2.11. The summed E-state index contributed by atoms with van der Waals surface area (Å²) < 4.78 is 0.892. The molecular formula is C14H13N5OS3. The summed E-state index contributed by atoms with van der Waals surface area (Å²) in [4.78, 5) is 29.0. The topological polar surface area (TPSA) is 80.7 Å². The van der Waals surface area contributed by atoms with Crippen molar-refractivity contribution < 1.29 is 4.79 Å². The number of thioether (sulfide) groups is 1. The molecule has 0 saturated carbocycles. The van der Waals surface area contributed by atoms with Gasteiger partial charge < -0.3 is 5.32 Å². The summed E-state index contributed by atoms with van der Waals surface area (Å²) in [5.74, 6) is -0.147. The summed E-state index contributed by atoms with van der Waals surface area (Å²) in [6.45, 7) is 0.522. The zero-order chi connectivity index (χ0) is 16.1. The van der Waals surface area contributed by atoms with Crippen LogP contribution in [0.15, 0.2) is 33.7 Å². The van der Waals surface area contributed by atoms with Crippen LogP contribution in [-0.4, -0.2) is 38.6 Å². The molecule has 0 aliphatic carbocycles. The smallest absolute Gasteiger partial charge is 0.270 e. The standard InChI is InChI=1S/C14H13N5OS3/c1-21-14-19-11(8-23-14)12(20)17-3-2-9-7-22-13(18-9)10-6-15-4-5-16-10/h4-8H,2-3H2,1H3,(H,17,20). The van der Waals surface area contributed by atoms with Crippen molar-refractivity contribution in [1.82, 2.24) is 25.3 Å². The molecule has 0 fully saturated rings. The lowest BCUT2D eigenvalue weighted by Crippen LogP contribution is -2.26. The predicted molar refractivity (Wildman–Crippen MR) is 93.1 cm³/mol. The van der Waals surface area contributed by atoms with Gasteiger partial charge in [0.2, 0.25) is 0 Å². The molecule has 0 aliphatic heterocycles. The minimum absolute atomic E-state index is 0.147. The second-order valence-corrected chi connectivity index (χ2v) is 7.21. The molecule has 118 valence electrons. The maximum Gasteiger partial charge on any atom is 0.270 e. The fourth-order valence-corrected chi connectivity index (χ4v) is 3.86. The van der Waals surface area contributed by atoms with Gasteiger partial charge in [0.05, 0.1) is 11.9 Å². The highest BCUT2D eigenvalue weighted by atomic mass is 32.2. The number of thiazole rings is 2. The first-order valence-corrected chi connectivity index (χ1v) is 9.73. The van der Waals surface area contributed by atoms with Crippen LogP contribution in [0.25, 0.3) is 10.7 Å². The zero-order valence-corrected chi connectivity index (χ0v) is 14.7. The van der Waals surface area contributed by atoms with Gasteiger partial charge in [-0.15, -0.1) is 22.7 Å². The van der Waals surface area contributed by atoms with Gasteiger partial charge in [-0.3, -0.25) is 14.8 Å². The fourth-order valence-electron chi connectivity index (χ4n) is 1.80. The lowest BCUT2D eigenvalue weighted by Gasteiger charge is -2.01. The Labute approximate surface area is 145 Å². The SMILES string of the molecule is CSc1nc(C(=O)NCCc2csc(-c3cnccn3)n2)cs1. The van der Waals surface area contributed by atoms with E-state index >= 15 is 0 Å². The van der Waals surface area contributed by atoms with Gasteiger partial charge in [-0.25, -0.2) is 9.97 Å². The average Bonchev–Trinajstić information content (AvgIpc) is 3.25. The Morgan fingerprint density at radius 3 is 2.91 bits per heavy atom. The van der Waals surface area contributed by atoms with Crippen molar-refractivity contribution >= 4 is 40.3 Å². The Balaban J connectivity index is 1.53. The van der Waals surface area contributed by atoms with E-state index in [1.807, 2.05) is 11.6 Å². The first-order valence-electron chi connectivity index (χ1n) is 6.75. The molecule has 0 aliphatic rings. The number of carbonyl (C=O) groups is 1. The van der Waals surface area contributed by atoms with Crippen LogP contribution < -0.4 is 5.32 Å². The second-order valence-electron chi connectivity index (χ2n) is 4.44. The van der Waals surface area contributed by atoms with E-state index in [9.17, 15) is 4.79 Å². The molecule has 0 atom stereocenters. The molecule has 3 rings (SSSR count). The van der Waals surface area contributed by atoms with Gasteiger partial charge >= 0.3 is 0 Å². The number of hydrogen-bond donors (Lipinski definition) is 1. The molecule has 3 aromatic rings. The van der Waals surface area contributed by atoms with Crippen molar-refractivity contribution in [1.29, 1.82) is 0 Å². The third kappa shape index (κ3) is 4.12. The molecule has 0 bridgehead atoms. The largest absolute Gasteiger partial charge is 0.350 e. The van der Waals surface area contributed by atoms with E-state index in [4.69, 9.17) is 0 Å². The van der Waals surface area contributed by atoms with Crippen LogP contribution in [0.5, 0.6) is 0 Å². The van der Waals surface area contributed by atoms with Crippen LogP contribution in [0.4, 0.5) is 0 Å². The number of aromatic nitrogens is 4. The highest BCUT2D eigenvalue weighted by molar-refractivity contribution is 8.00. The number of rotatable bonds is 6. The molecule has 3 heterocycles. The number of amides is 1. The number of hydrogen-bond acceptors (Lipinski definition) is 8. The maximum absolute atomic E-state index is 12.0. The highest BCUT2D eigenvalue weighted by Crippen LogP contribution is 2.21. The van der Waals surface area contributed by atoms with Gasteiger partial charge in [-0.05, 0) is 6.26 Å². The summed E-state index contributed by atoms with van der Waals surface area (Å²) in [5.41, 5.74) is 2.16. The summed E-state index contributed by atoms with van der Waals surface area (Å²) in [6.07, 6.45) is 7.58. The van der Waals surface area contributed by atoms with Gasteiger partial charge in [0.25, 0.3) is 5.91 Å². The van der Waals surface area contributed by atoms with Crippen molar-refractivity contribution in [2.45, 2.75) is 10.8 Å². The third-order valence-electron chi connectivity index (χ3n) is 2.89. The second kappa shape index (κ2) is 7.62. The van der Waals surface area contributed by atoms with E-state index in [-0.39, 0.29) is 5.91 Å². The Bertz CT molecular complexity index is 787. The Morgan fingerprint density at radius 1 is 1.26 bits per heavy atom. The van der Waals surface area contributed by atoms with E-state index in [2.05, 4.69) is 25.3 Å². The van der Waals surface area contributed by atoms with Crippen molar-refractivity contribution in [3.8, 4) is 10.7 Å². The molecule has 0 aromatic carbocycles. The van der Waals surface area contributed by atoms with Crippen LogP contribution in [0.3, 0.4) is 0 Å². The van der Waals surface area contributed by atoms with E-state index < -0.39 is 0 Å². The Kier molecular flexibility index (Phi) is 5.31. The third-order valence-corrected chi connectivity index (χ3v) is 5.67. The molecule has 9 heteroatoms. The maximum atomic E-state index is 12.0. The van der Waals surface area contributed by atoms with Gasteiger partial charge in [0, 0.05) is 36.1 Å². The minimum atomic E-state index is -0.147. The molecular weight excluding hydrogens is 350 g/mol. The predicted octanol–water partition coefficient (Wildman–Crippen LogP) is 2.75. The molecule has 1 amide bonds. The monoisotopic (exact) mass is 363 g/mol. The van der Waals surface area contributed by atoms with E-state index in [0.29, 0.717) is 18.7 Å².